The van der Waals surface area contributed by atoms with Crippen LogP contribution >= 0.6 is 11.3 Å². The Morgan fingerprint density at radius 1 is 0.340 bits per heavy atom. The maximum atomic E-state index is 5.04. The first-order valence-corrected chi connectivity index (χ1v) is 17.5. The minimum absolute atomic E-state index is 0.636. The third kappa shape index (κ3) is 4.79. The lowest BCUT2D eigenvalue weighted by Crippen LogP contribution is -2.01. The third-order valence-electron chi connectivity index (χ3n) is 9.43. The summed E-state index contributed by atoms with van der Waals surface area (Å²) in [6.45, 7) is 0. The van der Waals surface area contributed by atoms with Crippen LogP contribution in [0, 0.1) is 0 Å². The molecule has 0 N–H and O–H groups in total. The second kappa shape index (κ2) is 11.6. The van der Waals surface area contributed by atoms with Gasteiger partial charge in [0.2, 0.25) is 0 Å². The van der Waals surface area contributed by atoms with Gasteiger partial charge < -0.3 is 4.57 Å². The van der Waals surface area contributed by atoms with Gasteiger partial charge in [-0.05, 0) is 47.5 Å². The number of rotatable bonds is 5. The zero-order valence-corrected chi connectivity index (χ0v) is 27.7. The van der Waals surface area contributed by atoms with Crippen LogP contribution in [0.4, 0.5) is 0 Å². The van der Waals surface area contributed by atoms with Gasteiger partial charge in [0.05, 0.1) is 11.0 Å². The molecule has 0 saturated carbocycles. The van der Waals surface area contributed by atoms with Gasteiger partial charge in [0.25, 0.3) is 0 Å². The predicted molar refractivity (Wildman–Crippen MR) is 209 cm³/mol. The molecule has 3 aromatic heterocycles. The van der Waals surface area contributed by atoms with Crippen molar-refractivity contribution in [1.82, 2.24) is 19.5 Å². The minimum atomic E-state index is 0.636. The van der Waals surface area contributed by atoms with Crippen molar-refractivity contribution < 1.29 is 0 Å². The summed E-state index contributed by atoms with van der Waals surface area (Å²) in [5.74, 6) is 1.94. The van der Waals surface area contributed by atoms with Gasteiger partial charge in [-0.3, -0.25) is 0 Å². The molecule has 0 bridgehead atoms. The van der Waals surface area contributed by atoms with E-state index in [1.54, 1.807) is 0 Å². The van der Waals surface area contributed by atoms with Gasteiger partial charge >= 0.3 is 0 Å². The van der Waals surface area contributed by atoms with Crippen molar-refractivity contribution in [3.8, 4) is 51.0 Å². The van der Waals surface area contributed by atoms with Crippen LogP contribution in [0.5, 0.6) is 0 Å². The van der Waals surface area contributed by atoms with Crippen LogP contribution in [0.2, 0.25) is 0 Å². The van der Waals surface area contributed by atoms with E-state index in [4.69, 9.17) is 15.0 Å². The Morgan fingerprint density at radius 2 is 0.920 bits per heavy atom. The fourth-order valence-corrected chi connectivity index (χ4v) is 8.17. The number of nitrogens with zero attached hydrogens (tertiary/aromatic N) is 4. The topological polar surface area (TPSA) is 43.6 Å². The zero-order chi connectivity index (χ0) is 33.0. The van der Waals surface area contributed by atoms with Crippen LogP contribution in [0.3, 0.4) is 0 Å². The highest BCUT2D eigenvalue weighted by Gasteiger charge is 2.18. The SMILES string of the molecule is c1ccc(-c2ccc3c4cc5c(cc4n(-c4cccc(-c6nc(-c7ccccc7)nc(-c7ccccc7)n6)c4)c3c2)sc2ccccc25)cc1. The summed E-state index contributed by atoms with van der Waals surface area (Å²) >= 11 is 1.85. The van der Waals surface area contributed by atoms with Crippen molar-refractivity contribution >= 4 is 53.3 Å². The summed E-state index contributed by atoms with van der Waals surface area (Å²) in [6.07, 6.45) is 0. The van der Waals surface area contributed by atoms with Crippen molar-refractivity contribution in [3.05, 3.63) is 170 Å². The van der Waals surface area contributed by atoms with Gasteiger partial charge in [-0.2, -0.15) is 0 Å². The molecular formula is C45H28N4S. The molecule has 0 radical (unpaired) electrons. The molecule has 50 heavy (non-hydrogen) atoms. The van der Waals surface area contributed by atoms with E-state index < -0.39 is 0 Å². The smallest absolute Gasteiger partial charge is 0.164 e. The highest BCUT2D eigenvalue weighted by Crippen LogP contribution is 2.42. The average molecular weight is 657 g/mol. The molecule has 4 nitrogen and oxygen atoms in total. The fourth-order valence-electron chi connectivity index (χ4n) is 7.05. The fraction of sp³-hybridized carbons (Fsp3) is 0. The highest BCUT2D eigenvalue weighted by molar-refractivity contribution is 7.25. The monoisotopic (exact) mass is 656 g/mol. The van der Waals surface area contributed by atoms with Crippen LogP contribution in [0.15, 0.2) is 170 Å². The van der Waals surface area contributed by atoms with Gasteiger partial charge in [-0.15, -0.1) is 11.3 Å². The molecule has 0 aliphatic rings. The van der Waals surface area contributed by atoms with Crippen LogP contribution in [-0.2, 0) is 0 Å². The van der Waals surface area contributed by atoms with Crippen molar-refractivity contribution in [1.29, 1.82) is 0 Å². The van der Waals surface area contributed by atoms with E-state index in [2.05, 4.69) is 114 Å². The van der Waals surface area contributed by atoms with E-state index in [9.17, 15) is 0 Å². The van der Waals surface area contributed by atoms with Crippen LogP contribution < -0.4 is 0 Å². The first kappa shape index (κ1) is 28.6. The molecule has 3 heterocycles. The lowest BCUT2D eigenvalue weighted by molar-refractivity contribution is 1.07. The first-order chi connectivity index (χ1) is 24.8. The second-order valence-corrected chi connectivity index (χ2v) is 13.6. The van der Waals surface area contributed by atoms with Gasteiger partial charge in [-0.25, -0.2) is 15.0 Å². The summed E-state index contributed by atoms with van der Waals surface area (Å²) in [7, 11) is 0. The van der Waals surface area contributed by atoms with Crippen LogP contribution in [-0.4, -0.2) is 19.5 Å². The maximum Gasteiger partial charge on any atom is 0.164 e. The number of hydrogen-bond acceptors (Lipinski definition) is 4. The predicted octanol–water partition coefficient (Wildman–Crippen LogP) is 12.0. The Hall–Kier alpha value is -6.43. The molecule has 0 amide bonds. The first-order valence-electron chi connectivity index (χ1n) is 16.7. The molecule has 234 valence electrons. The lowest BCUT2D eigenvalue weighted by atomic mass is 10.0. The van der Waals surface area contributed by atoms with Crippen molar-refractivity contribution in [2.24, 2.45) is 0 Å². The van der Waals surface area contributed by atoms with Crippen molar-refractivity contribution in [2.75, 3.05) is 0 Å². The number of fused-ring (bicyclic) bond motifs is 6. The molecule has 0 aliphatic heterocycles. The molecule has 5 heteroatoms. The van der Waals surface area contributed by atoms with E-state index in [0.717, 1.165) is 27.9 Å². The highest BCUT2D eigenvalue weighted by atomic mass is 32.1. The normalized spacial score (nSPS) is 11.6. The summed E-state index contributed by atoms with van der Waals surface area (Å²) in [4.78, 5) is 15.0. The van der Waals surface area contributed by atoms with Gasteiger partial charge in [0.1, 0.15) is 0 Å². The molecule has 10 aromatic rings. The van der Waals surface area contributed by atoms with E-state index in [-0.39, 0.29) is 0 Å². The number of aromatic nitrogens is 4. The quantitative estimate of drug-likeness (QED) is 0.185. The molecule has 0 spiro atoms. The summed E-state index contributed by atoms with van der Waals surface area (Å²) < 4.78 is 4.99. The summed E-state index contributed by atoms with van der Waals surface area (Å²) in [6, 6.07) is 59.8. The van der Waals surface area contributed by atoms with E-state index >= 15 is 0 Å². The van der Waals surface area contributed by atoms with Crippen molar-refractivity contribution in [3.63, 3.8) is 0 Å². The van der Waals surface area contributed by atoms with Crippen molar-refractivity contribution in [2.45, 2.75) is 0 Å². The molecule has 0 aliphatic carbocycles. The molecule has 7 aromatic carbocycles. The molecular weight excluding hydrogens is 629 g/mol. The standard InChI is InChI=1S/C45H28N4S/c1-4-13-29(14-5-1)32-23-24-35-37-27-38-36-21-10-11-22-41(36)50-42(38)28-40(37)49(39(35)26-32)34-20-12-19-33(25-34)45-47-43(30-15-6-2-7-16-30)46-44(48-45)31-17-8-3-9-18-31/h1-28H. The Labute approximate surface area is 292 Å². The minimum Gasteiger partial charge on any atom is -0.309 e. The van der Waals surface area contributed by atoms with Gasteiger partial charge in [0.15, 0.2) is 17.5 Å². The Balaban J connectivity index is 1.22. The van der Waals surface area contributed by atoms with E-state index in [1.165, 1.54) is 47.6 Å². The Morgan fingerprint density at radius 3 is 1.62 bits per heavy atom. The summed E-state index contributed by atoms with van der Waals surface area (Å²) in [5, 5.41) is 5.06. The molecule has 0 unspecified atom stereocenters. The number of benzene rings is 7. The average Bonchev–Trinajstić information content (AvgIpc) is 3.72. The Bertz CT molecular complexity index is 2800. The second-order valence-electron chi connectivity index (χ2n) is 12.5. The van der Waals surface area contributed by atoms with E-state index in [1.807, 2.05) is 72.0 Å². The van der Waals surface area contributed by atoms with Crippen LogP contribution in [0.25, 0.3) is 93.0 Å². The maximum absolute atomic E-state index is 5.04. The zero-order valence-electron chi connectivity index (χ0n) is 26.9. The molecule has 0 fully saturated rings. The van der Waals surface area contributed by atoms with Gasteiger partial charge in [0, 0.05) is 53.3 Å². The summed E-state index contributed by atoms with van der Waals surface area (Å²) in [5.41, 5.74) is 8.59. The molecule has 10 rings (SSSR count). The lowest BCUT2D eigenvalue weighted by Gasteiger charge is -2.12. The van der Waals surface area contributed by atoms with Gasteiger partial charge in [-0.1, -0.05) is 133 Å². The largest absolute Gasteiger partial charge is 0.309 e. The third-order valence-corrected chi connectivity index (χ3v) is 10.6. The van der Waals surface area contributed by atoms with E-state index in [0.29, 0.717) is 17.5 Å². The number of thiophene rings is 1. The Kier molecular flexibility index (Phi) is 6.64. The molecule has 0 atom stereocenters. The van der Waals surface area contributed by atoms with Crippen LogP contribution in [0.1, 0.15) is 0 Å². The molecule has 0 saturated heterocycles. The number of hydrogen-bond donors (Lipinski definition) is 0.